The maximum absolute atomic E-state index is 12.0. The minimum Gasteiger partial charge on any atom is -0.465 e. The third-order valence-electron chi connectivity index (χ3n) is 3.58. The lowest BCUT2D eigenvalue weighted by molar-refractivity contribution is 0.0240. The molecule has 1 saturated heterocycles. The van der Waals surface area contributed by atoms with Gasteiger partial charge in [-0.3, -0.25) is 0 Å². The highest BCUT2D eigenvalue weighted by Gasteiger charge is 2.25. The smallest absolute Gasteiger partial charge is 0.410 e. The average molecular weight is 320 g/mol. The molecule has 23 heavy (non-hydrogen) atoms. The number of methoxy groups -OCH3 is 1. The van der Waals surface area contributed by atoms with Gasteiger partial charge in [0.15, 0.2) is 0 Å². The highest BCUT2D eigenvalue weighted by Crippen LogP contribution is 2.19. The van der Waals surface area contributed by atoms with Gasteiger partial charge in [0.2, 0.25) is 0 Å². The minimum absolute atomic E-state index is 0.266. The van der Waals surface area contributed by atoms with Crippen molar-refractivity contribution in [2.24, 2.45) is 0 Å². The number of amides is 1. The summed E-state index contributed by atoms with van der Waals surface area (Å²) in [4.78, 5) is 27.4. The summed E-state index contributed by atoms with van der Waals surface area (Å²) in [6, 6.07) is 7.30. The molecule has 1 fully saturated rings. The van der Waals surface area contributed by atoms with Gasteiger partial charge in [-0.15, -0.1) is 0 Å². The molecule has 6 heteroatoms. The van der Waals surface area contributed by atoms with E-state index >= 15 is 0 Å². The van der Waals surface area contributed by atoms with Crippen molar-refractivity contribution < 1.29 is 19.1 Å². The molecule has 0 unspecified atom stereocenters. The van der Waals surface area contributed by atoms with Gasteiger partial charge in [0.1, 0.15) is 5.60 Å². The molecule has 1 aromatic carbocycles. The third kappa shape index (κ3) is 4.61. The summed E-state index contributed by atoms with van der Waals surface area (Å²) in [5.41, 5.74) is 1.09. The predicted octanol–water partition coefficient (Wildman–Crippen LogP) is 2.53. The van der Waals surface area contributed by atoms with E-state index in [1.54, 1.807) is 17.0 Å². The summed E-state index contributed by atoms with van der Waals surface area (Å²) >= 11 is 0. The van der Waals surface area contributed by atoms with Gasteiger partial charge >= 0.3 is 12.1 Å². The fourth-order valence-corrected chi connectivity index (χ4v) is 2.40. The van der Waals surface area contributed by atoms with Crippen LogP contribution in [-0.2, 0) is 9.47 Å². The second kappa shape index (κ2) is 6.89. The Morgan fingerprint density at radius 1 is 1.00 bits per heavy atom. The maximum Gasteiger partial charge on any atom is 0.410 e. The summed E-state index contributed by atoms with van der Waals surface area (Å²) in [7, 11) is 1.37. The molecular formula is C17H24N2O4. The number of carbonyl (C=O) groups excluding carboxylic acids is 2. The van der Waals surface area contributed by atoms with Crippen molar-refractivity contribution >= 4 is 17.7 Å². The first-order valence-electron chi connectivity index (χ1n) is 7.71. The van der Waals surface area contributed by atoms with Crippen molar-refractivity contribution in [3.63, 3.8) is 0 Å². The highest BCUT2D eigenvalue weighted by atomic mass is 16.6. The fourth-order valence-electron chi connectivity index (χ4n) is 2.40. The second-order valence-corrected chi connectivity index (χ2v) is 6.49. The average Bonchev–Trinajstić information content (AvgIpc) is 2.53. The molecular weight excluding hydrogens is 296 g/mol. The number of rotatable bonds is 2. The number of hydrogen-bond acceptors (Lipinski definition) is 5. The Hall–Kier alpha value is -2.24. The number of carbonyl (C=O) groups is 2. The molecule has 1 aromatic rings. The minimum atomic E-state index is -0.474. The Bertz CT molecular complexity index is 555. The van der Waals surface area contributed by atoms with Gasteiger partial charge in [-0.2, -0.15) is 0 Å². The van der Waals surface area contributed by atoms with E-state index in [1.165, 1.54) is 7.11 Å². The molecule has 2 rings (SSSR count). The van der Waals surface area contributed by atoms with Crippen LogP contribution in [0.2, 0.25) is 0 Å². The predicted molar refractivity (Wildman–Crippen MR) is 87.8 cm³/mol. The lowest BCUT2D eigenvalue weighted by Gasteiger charge is -2.36. The van der Waals surface area contributed by atoms with Gasteiger partial charge in [-0.25, -0.2) is 9.59 Å². The van der Waals surface area contributed by atoms with E-state index in [-0.39, 0.29) is 12.1 Å². The largest absolute Gasteiger partial charge is 0.465 e. The highest BCUT2D eigenvalue weighted by molar-refractivity contribution is 5.89. The lowest BCUT2D eigenvalue weighted by Crippen LogP contribution is -2.50. The van der Waals surface area contributed by atoms with Crippen LogP contribution in [0.15, 0.2) is 24.3 Å². The van der Waals surface area contributed by atoms with E-state index in [0.717, 1.165) is 18.8 Å². The van der Waals surface area contributed by atoms with Crippen LogP contribution in [0.25, 0.3) is 0 Å². The van der Waals surface area contributed by atoms with Crippen molar-refractivity contribution in [1.82, 2.24) is 4.90 Å². The Kier molecular flexibility index (Phi) is 5.13. The maximum atomic E-state index is 12.0. The van der Waals surface area contributed by atoms with Crippen molar-refractivity contribution in [3.05, 3.63) is 29.8 Å². The van der Waals surface area contributed by atoms with Gasteiger partial charge in [0.25, 0.3) is 0 Å². The van der Waals surface area contributed by atoms with E-state index in [1.807, 2.05) is 32.9 Å². The molecule has 0 aliphatic carbocycles. The van der Waals surface area contributed by atoms with E-state index in [4.69, 9.17) is 9.47 Å². The number of piperazine rings is 1. The van der Waals surface area contributed by atoms with Crippen molar-refractivity contribution in [1.29, 1.82) is 0 Å². The van der Waals surface area contributed by atoms with Crippen LogP contribution in [0.5, 0.6) is 0 Å². The standard InChI is InChI=1S/C17H24N2O4/c1-17(2,3)23-16(21)19-11-9-18(10-12-19)14-7-5-13(6-8-14)15(20)22-4/h5-8H,9-12H2,1-4H3. The monoisotopic (exact) mass is 320 g/mol. The number of nitrogens with zero attached hydrogens (tertiary/aromatic N) is 2. The summed E-state index contributed by atoms with van der Waals surface area (Å²) in [6.45, 7) is 8.30. The van der Waals surface area contributed by atoms with Crippen molar-refractivity contribution in [2.45, 2.75) is 26.4 Å². The van der Waals surface area contributed by atoms with Gasteiger partial charge in [-0.05, 0) is 45.0 Å². The van der Waals surface area contributed by atoms with Crippen LogP contribution in [0, 0.1) is 0 Å². The summed E-state index contributed by atoms with van der Waals surface area (Å²) in [6.07, 6.45) is -0.266. The Balaban J connectivity index is 1.91. The molecule has 0 atom stereocenters. The molecule has 0 spiro atoms. The number of anilines is 1. The molecule has 0 N–H and O–H groups in total. The molecule has 1 aliphatic heterocycles. The molecule has 1 amide bonds. The zero-order valence-corrected chi connectivity index (χ0v) is 14.2. The molecule has 0 saturated carbocycles. The van der Waals surface area contributed by atoms with E-state index in [2.05, 4.69) is 4.90 Å². The summed E-state index contributed by atoms with van der Waals surface area (Å²) < 4.78 is 10.1. The first-order chi connectivity index (χ1) is 10.8. The van der Waals surface area contributed by atoms with Crippen molar-refractivity contribution in [3.8, 4) is 0 Å². The van der Waals surface area contributed by atoms with Gasteiger partial charge in [-0.1, -0.05) is 0 Å². The molecule has 1 aliphatic rings. The molecule has 126 valence electrons. The Morgan fingerprint density at radius 3 is 2.04 bits per heavy atom. The molecule has 0 aromatic heterocycles. The van der Waals surface area contributed by atoms with Crippen LogP contribution in [0.4, 0.5) is 10.5 Å². The molecule has 0 bridgehead atoms. The lowest BCUT2D eigenvalue weighted by atomic mass is 10.2. The summed E-state index contributed by atoms with van der Waals surface area (Å²) in [5, 5.41) is 0. The van der Waals surface area contributed by atoms with Crippen LogP contribution in [-0.4, -0.2) is 55.9 Å². The van der Waals surface area contributed by atoms with E-state index < -0.39 is 5.60 Å². The third-order valence-corrected chi connectivity index (χ3v) is 3.58. The second-order valence-electron chi connectivity index (χ2n) is 6.49. The van der Waals surface area contributed by atoms with E-state index in [9.17, 15) is 9.59 Å². The number of hydrogen-bond donors (Lipinski definition) is 0. The zero-order valence-electron chi connectivity index (χ0n) is 14.2. The van der Waals surface area contributed by atoms with Gasteiger partial charge in [0.05, 0.1) is 12.7 Å². The molecule has 6 nitrogen and oxygen atoms in total. The van der Waals surface area contributed by atoms with Gasteiger partial charge in [0, 0.05) is 31.9 Å². The SMILES string of the molecule is COC(=O)c1ccc(N2CCN(C(=O)OC(C)(C)C)CC2)cc1. The number of esters is 1. The number of benzene rings is 1. The first kappa shape index (κ1) is 17.1. The van der Waals surface area contributed by atoms with Gasteiger partial charge < -0.3 is 19.3 Å². The van der Waals surface area contributed by atoms with Crippen LogP contribution >= 0.6 is 0 Å². The summed E-state index contributed by atoms with van der Waals surface area (Å²) in [5.74, 6) is -0.341. The molecule has 0 radical (unpaired) electrons. The van der Waals surface area contributed by atoms with Crippen LogP contribution in [0.1, 0.15) is 31.1 Å². The van der Waals surface area contributed by atoms with Crippen LogP contribution < -0.4 is 4.90 Å². The van der Waals surface area contributed by atoms with Crippen molar-refractivity contribution in [2.75, 3.05) is 38.2 Å². The molecule has 1 heterocycles. The Labute approximate surface area is 137 Å². The zero-order chi connectivity index (χ0) is 17.0. The van der Waals surface area contributed by atoms with Crippen LogP contribution in [0.3, 0.4) is 0 Å². The number of ether oxygens (including phenoxy) is 2. The topological polar surface area (TPSA) is 59.1 Å². The quantitative estimate of drug-likeness (QED) is 0.784. The fraction of sp³-hybridized carbons (Fsp3) is 0.529. The van der Waals surface area contributed by atoms with E-state index in [0.29, 0.717) is 18.7 Å². The normalized spacial score (nSPS) is 15.3. The first-order valence-corrected chi connectivity index (χ1v) is 7.71. The Morgan fingerprint density at radius 2 is 1.57 bits per heavy atom.